The highest BCUT2D eigenvalue weighted by Crippen LogP contribution is 2.16. The van der Waals surface area contributed by atoms with Gasteiger partial charge in [-0.3, -0.25) is 4.79 Å². The molecule has 0 aliphatic carbocycles. The smallest absolute Gasteiger partial charge is 0.243 e. The molecule has 100 valence electrons. The molecule has 0 radical (unpaired) electrons. The van der Waals surface area contributed by atoms with Gasteiger partial charge in [-0.15, -0.1) is 0 Å². The van der Waals surface area contributed by atoms with Gasteiger partial charge in [0.2, 0.25) is 5.91 Å². The van der Waals surface area contributed by atoms with Crippen molar-refractivity contribution in [2.75, 3.05) is 36.8 Å². The molecule has 1 amide bonds. The van der Waals surface area contributed by atoms with Crippen molar-refractivity contribution >= 4 is 29.3 Å². The van der Waals surface area contributed by atoms with Gasteiger partial charge in [0.1, 0.15) is 18.2 Å². The molecule has 8 nitrogen and oxygen atoms in total. The largest absolute Gasteiger partial charge is 0.370 e. The van der Waals surface area contributed by atoms with Gasteiger partial charge in [0, 0.05) is 12.6 Å². The average Bonchev–Trinajstić information content (AvgIpc) is 2.37. The number of rotatable bonds is 8. The van der Waals surface area contributed by atoms with Gasteiger partial charge in [-0.2, -0.15) is 0 Å². The van der Waals surface area contributed by atoms with Crippen LogP contribution in [0.1, 0.15) is 0 Å². The summed E-state index contributed by atoms with van der Waals surface area (Å²) in [5, 5.41) is 3.63. The first-order chi connectivity index (χ1) is 8.65. The molecule has 0 saturated carbocycles. The van der Waals surface area contributed by atoms with Gasteiger partial charge in [0.15, 0.2) is 5.16 Å². The predicted molar refractivity (Wildman–Crippen MR) is 70.1 cm³/mol. The van der Waals surface area contributed by atoms with Crippen molar-refractivity contribution in [3.8, 4) is 0 Å². The van der Waals surface area contributed by atoms with Crippen LogP contribution in [0.25, 0.3) is 0 Å². The van der Waals surface area contributed by atoms with Crippen molar-refractivity contribution < 1.29 is 9.53 Å². The molecule has 0 aliphatic heterocycles. The Morgan fingerprint density at radius 1 is 1.50 bits per heavy atom. The standard InChI is InChI=1S/C9H16N6O2S/c1-18-9-13-7(4-8(14-9)15-11)12-2-3-17-5-6(10)16/h4H,2-3,5,11H2,1H3,(H2,10,16)(H2,12,13,14,15). The Labute approximate surface area is 109 Å². The van der Waals surface area contributed by atoms with Gasteiger partial charge in [-0.05, 0) is 6.26 Å². The zero-order valence-electron chi connectivity index (χ0n) is 9.97. The minimum atomic E-state index is -0.490. The topological polar surface area (TPSA) is 128 Å². The lowest BCUT2D eigenvalue weighted by molar-refractivity contribution is -0.122. The highest BCUT2D eigenvalue weighted by Gasteiger charge is 2.02. The normalized spacial score (nSPS) is 10.1. The Bertz CT molecular complexity index is 380. The molecule has 0 saturated heterocycles. The second kappa shape index (κ2) is 7.69. The second-order valence-electron chi connectivity index (χ2n) is 3.22. The third-order valence-corrected chi connectivity index (χ3v) is 2.38. The minimum absolute atomic E-state index is 0.0862. The van der Waals surface area contributed by atoms with Crippen LogP contribution >= 0.6 is 11.8 Å². The fourth-order valence-corrected chi connectivity index (χ4v) is 1.48. The SMILES string of the molecule is CSc1nc(NN)cc(NCCOCC(N)=O)n1. The van der Waals surface area contributed by atoms with E-state index in [0.717, 1.165) is 0 Å². The molecule has 0 spiro atoms. The predicted octanol–water partition coefficient (Wildman–Crippen LogP) is -0.602. The van der Waals surface area contributed by atoms with Crippen molar-refractivity contribution in [3.63, 3.8) is 0 Å². The summed E-state index contributed by atoms with van der Waals surface area (Å²) < 4.78 is 5.00. The monoisotopic (exact) mass is 272 g/mol. The molecular weight excluding hydrogens is 256 g/mol. The van der Waals surface area contributed by atoms with E-state index >= 15 is 0 Å². The molecule has 0 atom stereocenters. The Morgan fingerprint density at radius 2 is 2.22 bits per heavy atom. The molecule has 0 aromatic carbocycles. The lowest BCUT2D eigenvalue weighted by Gasteiger charge is -2.08. The van der Waals surface area contributed by atoms with Crippen molar-refractivity contribution in [3.05, 3.63) is 6.07 Å². The van der Waals surface area contributed by atoms with E-state index in [4.69, 9.17) is 16.3 Å². The summed E-state index contributed by atoms with van der Waals surface area (Å²) >= 11 is 1.41. The zero-order chi connectivity index (χ0) is 13.4. The lowest BCUT2D eigenvalue weighted by Crippen LogP contribution is -2.21. The third-order valence-electron chi connectivity index (χ3n) is 1.83. The van der Waals surface area contributed by atoms with E-state index in [0.29, 0.717) is 29.9 Å². The number of nitrogens with one attached hydrogen (secondary N) is 2. The fraction of sp³-hybridized carbons (Fsp3) is 0.444. The summed E-state index contributed by atoms with van der Waals surface area (Å²) in [6, 6.07) is 1.67. The number of hydrogen-bond acceptors (Lipinski definition) is 8. The van der Waals surface area contributed by atoms with Crippen LogP contribution in [0.4, 0.5) is 11.6 Å². The molecule has 0 aliphatic rings. The van der Waals surface area contributed by atoms with E-state index in [1.165, 1.54) is 11.8 Å². The Balaban J connectivity index is 2.43. The van der Waals surface area contributed by atoms with Crippen molar-refractivity contribution in [1.82, 2.24) is 9.97 Å². The van der Waals surface area contributed by atoms with E-state index < -0.39 is 5.91 Å². The highest BCUT2D eigenvalue weighted by atomic mass is 32.2. The second-order valence-corrected chi connectivity index (χ2v) is 3.99. The van der Waals surface area contributed by atoms with Crippen LogP contribution in [0.5, 0.6) is 0 Å². The summed E-state index contributed by atoms with van der Waals surface area (Å²) in [6.07, 6.45) is 1.87. The summed E-state index contributed by atoms with van der Waals surface area (Å²) in [7, 11) is 0. The summed E-state index contributed by atoms with van der Waals surface area (Å²) in [5.74, 6) is 5.96. The van der Waals surface area contributed by atoms with Gasteiger partial charge in [-0.25, -0.2) is 15.8 Å². The number of amides is 1. The van der Waals surface area contributed by atoms with E-state index in [1.807, 2.05) is 6.26 Å². The third kappa shape index (κ3) is 5.17. The van der Waals surface area contributed by atoms with Crippen LogP contribution in [-0.4, -0.2) is 41.9 Å². The molecule has 18 heavy (non-hydrogen) atoms. The maximum atomic E-state index is 10.4. The number of hydrogen-bond donors (Lipinski definition) is 4. The summed E-state index contributed by atoms with van der Waals surface area (Å²) in [5.41, 5.74) is 7.39. The molecule has 0 bridgehead atoms. The van der Waals surface area contributed by atoms with E-state index in [-0.39, 0.29) is 6.61 Å². The number of aromatic nitrogens is 2. The van der Waals surface area contributed by atoms with Gasteiger partial charge >= 0.3 is 0 Å². The fourth-order valence-electron chi connectivity index (χ4n) is 1.10. The maximum absolute atomic E-state index is 10.4. The van der Waals surface area contributed by atoms with E-state index in [9.17, 15) is 4.79 Å². The van der Waals surface area contributed by atoms with Crippen LogP contribution in [-0.2, 0) is 9.53 Å². The van der Waals surface area contributed by atoms with E-state index in [2.05, 4.69) is 20.7 Å². The number of nitrogen functional groups attached to an aromatic ring is 1. The molecule has 6 N–H and O–H groups in total. The van der Waals surface area contributed by atoms with Gasteiger partial charge in [0.05, 0.1) is 6.61 Å². The lowest BCUT2D eigenvalue weighted by atomic mass is 10.5. The minimum Gasteiger partial charge on any atom is -0.370 e. The van der Waals surface area contributed by atoms with E-state index in [1.54, 1.807) is 6.07 Å². The molecule has 0 fully saturated rings. The van der Waals surface area contributed by atoms with Crippen molar-refractivity contribution in [2.24, 2.45) is 11.6 Å². The number of nitrogens with zero attached hydrogens (tertiary/aromatic N) is 2. The average molecular weight is 272 g/mol. The first kappa shape index (κ1) is 14.5. The summed E-state index contributed by atoms with van der Waals surface area (Å²) in [4.78, 5) is 18.8. The Morgan fingerprint density at radius 3 is 2.83 bits per heavy atom. The van der Waals surface area contributed by atoms with Crippen LogP contribution < -0.4 is 22.3 Å². The number of primary amides is 1. The quantitative estimate of drug-likeness (QED) is 0.162. The number of nitrogens with two attached hydrogens (primary N) is 2. The zero-order valence-corrected chi connectivity index (χ0v) is 10.8. The first-order valence-electron chi connectivity index (χ1n) is 5.15. The molecule has 1 aromatic heterocycles. The van der Waals surface area contributed by atoms with Crippen LogP contribution in [0.15, 0.2) is 11.2 Å². The van der Waals surface area contributed by atoms with Gasteiger partial charge < -0.3 is 21.2 Å². The first-order valence-corrected chi connectivity index (χ1v) is 6.37. The summed E-state index contributed by atoms with van der Waals surface area (Å²) in [6.45, 7) is 0.770. The number of ether oxygens (including phenoxy) is 1. The molecule has 1 aromatic rings. The van der Waals surface area contributed by atoms with Crippen molar-refractivity contribution in [2.45, 2.75) is 5.16 Å². The van der Waals surface area contributed by atoms with Crippen molar-refractivity contribution in [1.29, 1.82) is 0 Å². The number of anilines is 2. The Hall–Kier alpha value is -1.58. The van der Waals surface area contributed by atoms with Crippen LogP contribution in [0.2, 0.25) is 0 Å². The molecule has 1 heterocycles. The number of carbonyl (C=O) groups excluding carboxylic acids is 1. The Kier molecular flexibility index (Phi) is 6.19. The molecule has 0 unspecified atom stereocenters. The van der Waals surface area contributed by atoms with Gasteiger partial charge in [-0.1, -0.05) is 11.8 Å². The molecular formula is C9H16N6O2S. The highest BCUT2D eigenvalue weighted by molar-refractivity contribution is 7.98. The maximum Gasteiger partial charge on any atom is 0.243 e. The number of carbonyl (C=O) groups is 1. The van der Waals surface area contributed by atoms with Crippen LogP contribution in [0.3, 0.4) is 0 Å². The van der Waals surface area contributed by atoms with Crippen LogP contribution in [0, 0.1) is 0 Å². The van der Waals surface area contributed by atoms with Gasteiger partial charge in [0.25, 0.3) is 0 Å². The molecule has 1 rings (SSSR count). The number of hydrazine groups is 1. The molecule has 9 heteroatoms. The number of thioether (sulfide) groups is 1.